The van der Waals surface area contributed by atoms with E-state index in [0.29, 0.717) is 5.96 Å². The maximum atomic E-state index is 7.30. The molecule has 3 nitrogen and oxygen atoms in total. The number of rotatable bonds is 6. The Labute approximate surface area is 376 Å². The molecule has 0 saturated heterocycles. The van der Waals surface area contributed by atoms with Crippen LogP contribution in [0.4, 0.5) is 5.69 Å². The summed E-state index contributed by atoms with van der Waals surface area (Å²) in [6, 6.07) is 71.8. The van der Waals surface area contributed by atoms with Crippen molar-refractivity contribution in [2.75, 3.05) is 0 Å². The minimum atomic E-state index is -0.232. The van der Waals surface area contributed by atoms with E-state index >= 15 is 0 Å². The fraction of sp³-hybridized carbons (Fsp3) is 0.0500. The van der Waals surface area contributed by atoms with E-state index < -0.39 is 0 Å². The van der Waals surface area contributed by atoms with Crippen LogP contribution in [0.3, 0.4) is 0 Å². The summed E-state index contributed by atoms with van der Waals surface area (Å²) in [4.78, 5) is 5.27. The Kier molecular flexibility index (Phi) is 8.69. The maximum absolute atomic E-state index is 7.30. The van der Waals surface area contributed by atoms with Gasteiger partial charge in [-0.2, -0.15) is 0 Å². The summed E-state index contributed by atoms with van der Waals surface area (Å²) in [5.74, 6) is 0.402. The lowest BCUT2D eigenvalue weighted by Gasteiger charge is -2.22. The molecule has 0 bridgehead atoms. The second-order valence-corrected chi connectivity index (χ2v) is 18.5. The summed E-state index contributed by atoms with van der Waals surface area (Å²) in [5, 5.41) is 4.96. The fourth-order valence-corrected chi connectivity index (χ4v) is 11.3. The Balaban J connectivity index is 0.980. The third-order valence-electron chi connectivity index (χ3n) is 13.4. The van der Waals surface area contributed by atoms with Gasteiger partial charge in [0, 0.05) is 41.9 Å². The standard InChI is InChI=1S/C60H43N3S/c1-37(41-16-13-17-42(34-41)40-26-24-39(25-27-40)38-14-5-4-6-15-38)45-18-8-11-22-52(45)62-59(61)63-53-31-28-43(44-29-33-56-49(35-44)47-20-9-12-23-55(47)64-56)36-50(53)57-54(63)32-30-48-46-19-7-10-21-51(46)60(2,3)58(48)57/h4-36H,1H2,2-3H3,(H2,61,62). The maximum Gasteiger partial charge on any atom is 0.205 e. The van der Waals surface area contributed by atoms with E-state index in [-0.39, 0.29) is 5.41 Å². The molecule has 0 aliphatic heterocycles. The molecule has 0 amide bonds. The molecule has 0 unspecified atom stereocenters. The van der Waals surface area contributed by atoms with Crippen molar-refractivity contribution in [1.82, 2.24) is 4.57 Å². The average molecular weight is 838 g/mol. The number of aliphatic imine (C=N–C) groups is 1. The first-order valence-electron chi connectivity index (χ1n) is 21.8. The second-order valence-electron chi connectivity index (χ2n) is 17.4. The summed E-state index contributed by atoms with van der Waals surface area (Å²) >= 11 is 1.85. The van der Waals surface area contributed by atoms with Gasteiger partial charge in [0.1, 0.15) is 0 Å². The molecule has 0 saturated carbocycles. The van der Waals surface area contributed by atoms with Crippen LogP contribution in [0.15, 0.2) is 212 Å². The van der Waals surface area contributed by atoms with Gasteiger partial charge in [0.05, 0.1) is 16.7 Å². The highest BCUT2D eigenvalue weighted by atomic mass is 32.1. The van der Waals surface area contributed by atoms with Gasteiger partial charge in [0.25, 0.3) is 0 Å². The predicted molar refractivity (Wildman–Crippen MR) is 274 cm³/mol. The third-order valence-corrected chi connectivity index (χ3v) is 14.5. The Morgan fingerprint density at radius 1 is 0.516 bits per heavy atom. The fourth-order valence-electron chi connectivity index (χ4n) is 10.2. The Bertz CT molecular complexity index is 3710. The van der Waals surface area contributed by atoms with Crippen molar-refractivity contribution in [3.63, 3.8) is 0 Å². The van der Waals surface area contributed by atoms with E-state index in [4.69, 9.17) is 10.7 Å². The molecule has 2 aromatic heterocycles. The third kappa shape index (κ3) is 5.98. The molecule has 304 valence electrons. The number of hydrogen-bond acceptors (Lipinski definition) is 2. The lowest BCUT2D eigenvalue weighted by molar-refractivity contribution is 0.666. The van der Waals surface area contributed by atoms with Crippen LogP contribution in [0.5, 0.6) is 0 Å². The van der Waals surface area contributed by atoms with Gasteiger partial charge >= 0.3 is 0 Å². The highest BCUT2D eigenvalue weighted by molar-refractivity contribution is 7.25. The lowest BCUT2D eigenvalue weighted by atomic mass is 9.80. The van der Waals surface area contributed by atoms with Crippen LogP contribution in [0.25, 0.3) is 92.1 Å². The van der Waals surface area contributed by atoms with E-state index in [1.54, 1.807) is 0 Å². The number of nitrogens with zero attached hydrogens (tertiary/aromatic N) is 2. The Morgan fingerprint density at radius 2 is 1.12 bits per heavy atom. The van der Waals surface area contributed by atoms with Gasteiger partial charge in [-0.05, 0) is 115 Å². The van der Waals surface area contributed by atoms with Crippen LogP contribution in [-0.2, 0) is 5.41 Å². The largest absolute Gasteiger partial charge is 0.369 e. The van der Waals surface area contributed by atoms with E-state index in [2.05, 4.69) is 201 Å². The molecule has 2 N–H and O–H groups in total. The summed E-state index contributed by atoms with van der Waals surface area (Å²) in [6.45, 7) is 9.35. The van der Waals surface area contributed by atoms with Gasteiger partial charge in [-0.1, -0.05) is 172 Å². The first-order valence-corrected chi connectivity index (χ1v) is 22.7. The number of hydrogen-bond donors (Lipinski definition) is 1. The molecule has 0 spiro atoms. The Morgan fingerprint density at radius 3 is 1.97 bits per heavy atom. The molecular weight excluding hydrogens is 795 g/mol. The quantitative estimate of drug-likeness (QED) is 0.132. The molecule has 12 rings (SSSR count). The molecule has 0 atom stereocenters. The van der Waals surface area contributed by atoms with Crippen LogP contribution in [0, 0.1) is 0 Å². The van der Waals surface area contributed by atoms with E-state index in [0.717, 1.165) is 49.9 Å². The minimum Gasteiger partial charge on any atom is -0.369 e. The summed E-state index contributed by atoms with van der Waals surface area (Å²) in [5.41, 5.74) is 25.0. The van der Waals surface area contributed by atoms with Gasteiger partial charge in [-0.3, -0.25) is 4.57 Å². The van der Waals surface area contributed by atoms with Crippen LogP contribution < -0.4 is 5.73 Å². The van der Waals surface area contributed by atoms with Crippen molar-refractivity contribution in [3.8, 4) is 44.5 Å². The molecule has 9 aromatic carbocycles. The zero-order valence-electron chi connectivity index (χ0n) is 35.6. The molecule has 64 heavy (non-hydrogen) atoms. The molecule has 0 fully saturated rings. The number of benzene rings is 9. The number of para-hydroxylation sites is 1. The molecule has 0 radical (unpaired) electrons. The molecule has 1 aliphatic carbocycles. The first-order chi connectivity index (χ1) is 31.3. The first kappa shape index (κ1) is 37.9. The zero-order valence-corrected chi connectivity index (χ0v) is 36.5. The molecule has 4 heteroatoms. The average Bonchev–Trinajstić information content (AvgIpc) is 3.96. The topological polar surface area (TPSA) is 43.3 Å². The Hall–Kier alpha value is -7.79. The number of aromatic nitrogens is 1. The monoisotopic (exact) mass is 837 g/mol. The van der Waals surface area contributed by atoms with Crippen molar-refractivity contribution in [1.29, 1.82) is 0 Å². The van der Waals surface area contributed by atoms with Crippen molar-refractivity contribution in [2.45, 2.75) is 19.3 Å². The number of nitrogens with two attached hydrogens (primary N) is 1. The van der Waals surface area contributed by atoms with E-state index in [9.17, 15) is 0 Å². The summed E-state index contributed by atoms with van der Waals surface area (Å²) in [6.07, 6.45) is 0. The van der Waals surface area contributed by atoms with Crippen LogP contribution in [-0.4, -0.2) is 10.5 Å². The highest BCUT2D eigenvalue weighted by Crippen LogP contribution is 2.53. The molecule has 1 aliphatic rings. The van der Waals surface area contributed by atoms with Gasteiger partial charge in [0.15, 0.2) is 0 Å². The van der Waals surface area contributed by atoms with Crippen LogP contribution >= 0.6 is 11.3 Å². The van der Waals surface area contributed by atoms with Gasteiger partial charge in [0.2, 0.25) is 5.96 Å². The van der Waals surface area contributed by atoms with Crippen LogP contribution in [0.2, 0.25) is 0 Å². The zero-order chi connectivity index (χ0) is 43.1. The minimum absolute atomic E-state index is 0.232. The number of thiophene rings is 1. The van der Waals surface area contributed by atoms with Crippen molar-refractivity contribution in [3.05, 3.63) is 229 Å². The lowest BCUT2D eigenvalue weighted by Crippen LogP contribution is -2.22. The second kappa shape index (κ2) is 14.7. The summed E-state index contributed by atoms with van der Waals surface area (Å²) < 4.78 is 4.76. The van der Waals surface area contributed by atoms with Gasteiger partial charge in [-0.25, -0.2) is 4.99 Å². The van der Waals surface area contributed by atoms with Crippen LogP contribution in [0.1, 0.15) is 36.1 Å². The summed E-state index contributed by atoms with van der Waals surface area (Å²) in [7, 11) is 0. The van der Waals surface area contributed by atoms with Crippen molar-refractivity contribution < 1.29 is 0 Å². The highest BCUT2D eigenvalue weighted by Gasteiger charge is 2.38. The molecule has 2 heterocycles. The van der Waals surface area contributed by atoms with E-state index in [1.165, 1.54) is 70.1 Å². The molecule has 11 aromatic rings. The normalized spacial score (nSPS) is 13.2. The van der Waals surface area contributed by atoms with Gasteiger partial charge < -0.3 is 5.73 Å². The predicted octanol–water partition coefficient (Wildman–Crippen LogP) is 16.0. The SMILES string of the molecule is C=C(c1cccc(-c2ccc(-c3ccccc3)cc2)c1)c1ccccc1N=C(N)n1c2ccc(-c3ccc4sc5ccccc5c4c3)cc2c2c3c(ccc21)-c1ccccc1C3(C)C. The van der Waals surface area contributed by atoms with Gasteiger partial charge in [-0.15, -0.1) is 11.3 Å². The smallest absolute Gasteiger partial charge is 0.205 e. The van der Waals surface area contributed by atoms with Crippen molar-refractivity contribution >= 4 is 70.5 Å². The van der Waals surface area contributed by atoms with Crippen molar-refractivity contribution in [2.24, 2.45) is 10.7 Å². The molecular formula is C60H43N3S. The van der Waals surface area contributed by atoms with E-state index in [1.807, 2.05) is 35.6 Å². The number of fused-ring (bicyclic) bond motifs is 10.